The molecule has 2 heterocycles. The predicted molar refractivity (Wildman–Crippen MR) is 114 cm³/mol. The van der Waals surface area contributed by atoms with Crippen LogP contribution in [-0.4, -0.2) is 49.3 Å². The van der Waals surface area contributed by atoms with Crippen LogP contribution in [0, 0.1) is 0 Å². The molecular formula is C18H36N4O8S2. The monoisotopic (exact) mass is 500 g/mol. The van der Waals surface area contributed by atoms with Crippen LogP contribution < -0.4 is 9.13 Å². The second-order valence-electron chi connectivity index (χ2n) is 6.49. The molecule has 2 aromatic heterocycles. The highest BCUT2D eigenvalue weighted by molar-refractivity contribution is 7.81. The standard InChI is InChI=1S/2C8H15N2.2CH4O4S/c2*1-3-4-5-10-7-6-9(2)8-10;2*1-5-6(2,3)4/h2*6-8H,3-5H2,1-2H3;2*1H3,(H,2,3,4)/q2*+1;;/p-2. The summed E-state index contributed by atoms with van der Waals surface area (Å²) in [6.07, 6.45) is 17.6. The van der Waals surface area contributed by atoms with Gasteiger partial charge in [-0.05, 0) is 12.8 Å². The lowest BCUT2D eigenvalue weighted by Crippen LogP contribution is -2.23. The zero-order chi connectivity index (χ0) is 25.2. The Kier molecular flexibility index (Phi) is 17.9. The average Bonchev–Trinajstić information content (AvgIpc) is 3.33. The van der Waals surface area contributed by atoms with Crippen molar-refractivity contribution in [3.05, 3.63) is 37.4 Å². The Morgan fingerprint density at radius 3 is 1.19 bits per heavy atom. The van der Waals surface area contributed by atoms with Gasteiger partial charge in [-0.25, -0.2) is 35.1 Å². The number of aryl methyl sites for hydroxylation is 4. The maximum Gasteiger partial charge on any atom is 0.243 e. The molecule has 0 bridgehead atoms. The maximum absolute atomic E-state index is 9.22. The molecule has 0 fully saturated rings. The molecule has 0 aromatic carbocycles. The lowest BCUT2D eigenvalue weighted by atomic mass is 10.3. The highest BCUT2D eigenvalue weighted by atomic mass is 32.3. The Labute approximate surface area is 191 Å². The van der Waals surface area contributed by atoms with E-state index in [1.54, 1.807) is 0 Å². The van der Waals surface area contributed by atoms with Crippen LogP contribution in [0.5, 0.6) is 0 Å². The molecule has 0 aliphatic heterocycles. The number of hydrogen-bond acceptors (Lipinski definition) is 8. The Hall–Kier alpha value is -1.84. The van der Waals surface area contributed by atoms with Crippen molar-refractivity contribution in [2.75, 3.05) is 14.2 Å². The second-order valence-corrected chi connectivity index (χ2v) is 8.79. The molecule has 0 saturated carbocycles. The van der Waals surface area contributed by atoms with Crippen LogP contribution in [0.15, 0.2) is 37.4 Å². The fourth-order valence-corrected chi connectivity index (χ4v) is 1.95. The third-order valence-electron chi connectivity index (χ3n) is 3.60. The molecule has 0 N–H and O–H groups in total. The Balaban J connectivity index is 0. The molecule has 0 aliphatic rings. The quantitative estimate of drug-likeness (QED) is 0.287. The third kappa shape index (κ3) is 22.8. The number of nitrogens with zero attached hydrogens (tertiary/aromatic N) is 4. The van der Waals surface area contributed by atoms with Crippen LogP contribution in [0.3, 0.4) is 0 Å². The first-order chi connectivity index (χ1) is 14.8. The minimum absolute atomic E-state index is 0.808. The van der Waals surface area contributed by atoms with Crippen LogP contribution in [0.2, 0.25) is 0 Å². The smallest absolute Gasteiger partial charge is 0.243 e. The summed E-state index contributed by atoms with van der Waals surface area (Å²) in [7, 11) is -3.12. The fraction of sp³-hybridized carbons (Fsp3) is 0.667. The van der Waals surface area contributed by atoms with Gasteiger partial charge < -0.3 is 9.11 Å². The van der Waals surface area contributed by atoms with Gasteiger partial charge in [-0.1, -0.05) is 26.7 Å². The Morgan fingerprint density at radius 1 is 0.750 bits per heavy atom. The number of hydrogen-bond donors (Lipinski definition) is 0. The van der Waals surface area contributed by atoms with Gasteiger partial charge in [0.25, 0.3) is 0 Å². The molecule has 0 atom stereocenters. The Morgan fingerprint density at radius 2 is 1.03 bits per heavy atom. The van der Waals surface area contributed by atoms with Gasteiger partial charge in [0.15, 0.2) is 0 Å². The lowest BCUT2D eigenvalue weighted by Gasteiger charge is -1.98. The predicted octanol–water partition coefficient (Wildman–Crippen LogP) is 0.411. The van der Waals surface area contributed by atoms with E-state index in [2.05, 4.69) is 77.9 Å². The SMILES string of the molecule is CCCCn1cc[n+](C)c1.CCCCn1cc[n+](C)c1.COS(=O)(=O)[O-].COS(=O)(=O)[O-]. The molecule has 188 valence electrons. The molecule has 2 rings (SSSR count). The van der Waals surface area contributed by atoms with E-state index in [-0.39, 0.29) is 0 Å². The molecule has 0 saturated heterocycles. The molecule has 32 heavy (non-hydrogen) atoms. The largest absolute Gasteiger partial charge is 0.726 e. The first-order valence-corrected chi connectivity index (χ1v) is 12.5. The molecule has 2 aromatic rings. The van der Waals surface area contributed by atoms with Crippen LogP contribution >= 0.6 is 0 Å². The van der Waals surface area contributed by atoms with Crippen molar-refractivity contribution in [1.29, 1.82) is 0 Å². The molecule has 14 heteroatoms. The first-order valence-electron chi connectivity index (χ1n) is 9.82. The minimum Gasteiger partial charge on any atom is -0.726 e. The number of imidazole rings is 2. The van der Waals surface area contributed by atoms with Crippen molar-refractivity contribution in [3.8, 4) is 0 Å². The van der Waals surface area contributed by atoms with E-state index in [4.69, 9.17) is 0 Å². The molecule has 12 nitrogen and oxygen atoms in total. The first kappa shape index (κ1) is 32.3. The lowest BCUT2D eigenvalue weighted by molar-refractivity contribution is -0.671. The highest BCUT2D eigenvalue weighted by Crippen LogP contribution is 1.92. The molecule has 0 aliphatic carbocycles. The van der Waals surface area contributed by atoms with Gasteiger partial charge >= 0.3 is 0 Å². The summed E-state index contributed by atoms with van der Waals surface area (Å²) in [6, 6.07) is 0. The number of aromatic nitrogens is 4. The average molecular weight is 501 g/mol. The van der Waals surface area contributed by atoms with Crippen molar-refractivity contribution in [2.45, 2.75) is 52.6 Å². The topological polar surface area (TPSA) is 150 Å². The summed E-state index contributed by atoms with van der Waals surface area (Å²) in [5, 5.41) is 0. The van der Waals surface area contributed by atoms with Gasteiger partial charge in [-0.2, -0.15) is 0 Å². The zero-order valence-electron chi connectivity index (χ0n) is 19.6. The summed E-state index contributed by atoms with van der Waals surface area (Å²) >= 11 is 0. The van der Waals surface area contributed by atoms with Gasteiger partial charge in [0, 0.05) is 0 Å². The molecule has 0 spiro atoms. The third-order valence-corrected chi connectivity index (χ3v) is 4.41. The van der Waals surface area contributed by atoms with Gasteiger partial charge in [-0.15, -0.1) is 0 Å². The molecule has 0 unspecified atom stereocenters. The van der Waals surface area contributed by atoms with Crippen molar-refractivity contribution in [2.24, 2.45) is 14.1 Å². The van der Waals surface area contributed by atoms with E-state index in [1.807, 2.05) is 14.1 Å². The van der Waals surface area contributed by atoms with E-state index < -0.39 is 20.8 Å². The van der Waals surface area contributed by atoms with Gasteiger partial charge in [-0.3, -0.25) is 8.37 Å². The van der Waals surface area contributed by atoms with Crippen LogP contribution in [0.25, 0.3) is 0 Å². The summed E-state index contributed by atoms with van der Waals surface area (Å²) in [4.78, 5) is 0. The summed E-state index contributed by atoms with van der Waals surface area (Å²) in [5.41, 5.74) is 0. The Bertz CT molecular complexity index is 848. The van der Waals surface area contributed by atoms with E-state index >= 15 is 0 Å². The van der Waals surface area contributed by atoms with Crippen LogP contribution in [0.1, 0.15) is 39.5 Å². The maximum atomic E-state index is 9.22. The van der Waals surface area contributed by atoms with Crippen LogP contribution in [0.4, 0.5) is 0 Å². The summed E-state index contributed by atoms with van der Waals surface area (Å²) in [5.74, 6) is 0. The van der Waals surface area contributed by atoms with Gasteiger partial charge in [0.05, 0.1) is 41.4 Å². The van der Waals surface area contributed by atoms with Crippen LogP contribution in [-0.2, 0) is 56.3 Å². The molecular weight excluding hydrogens is 464 g/mol. The van der Waals surface area contributed by atoms with E-state index in [9.17, 15) is 25.9 Å². The van der Waals surface area contributed by atoms with Crippen molar-refractivity contribution in [1.82, 2.24) is 9.13 Å². The van der Waals surface area contributed by atoms with Crippen molar-refractivity contribution < 1.29 is 43.4 Å². The summed E-state index contributed by atoms with van der Waals surface area (Å²) in [6.45, 7) is 6.72. The molecule has 0 amide bonds. The normalized spacial score (nSPS) is 10.8. The number of rotatable bonds is 8. The fourth-order valence-electron chi connectivity index (χ4n) is 1.95. The molecule has 0 radical (unpaired) electrons. The van der Waals surface area contributed by atoms with E-state index in [0.29, 0.717) is 0 Å². The van der Waals surface area contributed by atoms with E-state index in [0.717, 1.165) is 27.3 Å². The van der Waals surface area contributed by atoms with Gasteiger partial charge in [0.2, 0.25) is 33.5 Å². The second kappa shape index (κ2) is 17.7. The van der Waals surface area contributed by atoms with Crippen molar-refractivity contribution in [3.63, 3.8) is 0 Å². The van der Waals surface area contributed by atoms with Gasteiger partial charge in [0.1, 0.15) is 24.8 Å². The van der Waals surface area contributed by atoms with Crippen molar-refractivity contribution >= 4 is 20.8 Å². The summed E-state index contributed by atoms with van der Waals surface area (Å²) < 4.78 is 70.6. The number of unbranched alkanes of at least 4 members (excludes halogenated alkanes) is 2. The zero-order valence-corrected chi connectivity index (χ0v) is 21.2. The highest BCUT2D eigenvalue weighted by Gasteiger charge is 1.97. The van der Waals surface area contributed by atoms with E-state index in [1.165, 1.54) is 25.7 Å². The minimum atomic E-state index is -4.41.